The van der Waals surface area contributed by atoms with Crippen molar-refractivity contribution in [1.82, 2.24) is 15.5 Å². The number of methoxy groups -OCH3 is 2. The number of carbonyl (C=O) groups excluding carboxylic acids is 3. The minimum absolute atomic E-state index is 0.0772. The fourth-order valence-electron chi connectivity index (χ4n) is 3.29. The van der Waals surface area contributed by atoms with Gasteiger partial charge in [0, 0.05) is 6.42 Å². The molecule has 1 fully saturated rings. The maximum atomic E-state index is 12.7. The molecule has 1 aliphatic rings. The van der Waals surface area contributed by atoms with Crippen molar-refractivity contribution in [2.45, 2.75) is 51.7 Å². The standard InChI is InChI=1S/C21H31N3O6/c1-5-13(2)16(12-25)22-19(26)9-7-15-20(27)24(21(28)23-15)11-14-6-8-17(29-3)18(10-14)30-4/h6,8,10,13,15-16,25H,5,7,9,11-12H2,1-4H3,(H,22,26)(H,23,28)/t13-,15+,16-/m0/s1. The van der Waals surface area contributed by atoms with Crippen molar-refractivity contribution in [2.75, 3.05) is 20.8 Å². The molecule has 3 atom stereocenters. The van der Waals surface area contributed by atoms with Crippen LogP contribution in [0.3, 0.4) is 0 Å². The zero-order valence-corrected chi connectivity index (χ0v) is 17.9. The van der Waals surface area contributed by atoms with E-state index in [4.69, 9.17) is 9.47 Å². The number of benzene rings is 1. The third-order valence-corrected chi connectivity index (χ3v) is 5.43. The number of urea groups is 1. The van der Waals surface area contributed by atoms with Gasteiger partial charge in [-0.1, -0.05) is 26.3 Å². The average molecular weight is 421 g/mol. The Morgan fingerprint density at radius 1 is 1.27 bits per heavy atom. The van der Waals surface area contributed by atoms with E-state index in [2.05, 4.69) is 10.6 Å². The van der Waals surface area contributed by atoms with E-state index in [0.29, 0.717) is 17.1 Å². The van der Waals surface area contributed by atoms with Crippen LogP contribution in [0, 0.1) is 5.92 Å². The van der Waals surface area contributed by atoms with Crippen LogP contribution in [0.2, 0.25) is 0 Å². The maximum Gasteiger partial charge on any atom is 0.325 e. The highest BCUT2D eigenvalue weighted by atomic mass is 16.5. The third-order valence-electron chi connectivity index (χ3n) is 5.43. The minimum atomic E-state index is -0.750. The normalized spacial score (nSPS) is 18.0. The molecule has 0 spiro atoms. The lowest BCUT2D eigenvalue weighted by molar-refractivity contribution is -0.128. The Hall–Kier alpha value is -2.81. The molecule has 2 rings (SSSR count). The van der Waals surface area contributed by atoms with Gasteiger partial charge in [-0.2, -0.15) is 0 Å². The number of aliphatic hydroxyl groups excluding tert-OH is 1. The average Bonchev–Trinajstić information content (AvgIpc) is 3.02. The number of carbonyl (C=O) groups is 3. The Bertz CT molecular complexity index is 769. The molecule has 1 aliphatic heterocycles. The first-order valence-electron chi connectivity index (χ1n) is 10.1. The van der Waals surface area contributed by atoms with E-state index in [1.807, 2.05) is 13.8 Å². The van der Waals surface area contributed by atoms with Crippen molar-refractivity contribution in [2.24, 2.45) is 5.92 Å². The molecule has 166 valence electrons. The fourth-order valence-corrected chi connectivity index (χ4v) is 3.29. The predicted molar refractivity (Wildman–Crippen MR) is 110 cm³/mol. The van der Waals surface area contributed by atoms with Gasteiger partial charge in [0.05, 0.1) is 33.4 Å². The molecule has 0 bridgehead atoms. The van der Waals surface area contributed by atoms with Crippen LogP contribution >= 0.6 is 0 Å². The molecule has 1 aromatic rings. The zero-order valence-electron chi connectivity index (χ0n) is 17.9. The molecule has 9 nitrogen and oxygen atoms in total. The Balaban J connectivity index is 1.94. The summed E-state index contributed by atoms with van der Waals surface area (Å²) in [7, 11) is 3.04. The Kier molecular flexibility index (Phi) is 8.46. The second kappa shape index (κ2) is 10.8. The van der Waals surface area contributed by atoms with E-state index in [9.17, 15) is 19.5 Å². The number of rotatable bonds is 11. The number of ether oxygens (including phenoxy) is 2. The molecule has 4 amide bonds. The Morgan fingerprint density at radius 3 is 2.57 bits per heavy atom. The SMILES string of the molecule is CC[C@H](C)[C@H](CO)NC(=O)CC[C@H]1NC(=O)N(Cc2ccc(OC)c(OC)c2)C1=O. The number of nitrogens with one attached hydrogen (secondary N) is 2. The molecular formula is C21H31N3O6. The molecule has 1 heterocycles. The largest absolute Gasteiger partial charge is 0.493 e. The predicted octanol–water partition coefficient (Wildman–Crippen LogP) is 1.43. The van der Waals surface area contributed by atoms with Gasteiger partial charge in [-0.05, 0) is 30.0 Å². The third kappa shape index (κ3) is 5.63. The lowest BCUT2D eigenvalue weighted by atomic mass is 9.99. The van der Waals surface area contributed by atoms with E-state index >= 15 is 0 Å². The van der Waals surface area contributed by atoms with E-state index in [0.717, 1.165) is 11.3 Å². The van der Waals surface area contributed by atoms with Crippen molar-refractivity contribution >= 4 is 17.8 Å². The number of hydrogen-bond donors (Lipinski definition) is 3. The molecular weight excluding hydrogens is 390 g/mol. The van der Waals surface area contributed by atoms with Crippen molar-refractivity contribution in [1.29, 1.82) is 0 Å². The lowest BCUT2D eigenvalue weighted by Crippen LogP contribution is -2.42. The summed E-state index contributed by atoms with van der Waals surface area (Å²) in [6.45, 7) is 3.89. The van der Waals surface area contributed by atoms with Crippen LogP contribution in [0.5, 0.6) is 11.5 Å². The van der Waals surface area contributed by atoms with Crippen molar-refractivity contribution in [3.63, 3.8) is 0 Å². The summed E-state index contributed by atoms with van der Waals surface area (Å²) < 4.78 is 10.4. The van der Waals surface area contributed by atoms with Crippen LogP contribution in [-0.4, -0.2) is 60.8 Å². The lowest BCUT2D eigenvalue weighted by Gasteiger charge is -2.22. The second-order valence-electron chi connectivity index (χ2n) is 7.40. The van der Waals surface area contributed by atoms with Gasteiger partial charge in [0.25, 0.3) is 5.91 Å². The molecule has 0 aliphatic carbocycles. The zero-order chi connectivity index (χ0) is 22.3. The van der Waals surface area contributed by atoms with Gasteiger partial charge < -0.3 is 25.2 Å². The first kappa shape index (κ1) is 23.5. The van der Waals surface area contributed by atoms with E-state index in [1.54, 1.807) is 18.2 Å². The van der Waals surface area contributed by atoms with Gasteiger partial charge in [0.1, 0.15) is 6.04 Å². The van der Waals surface area contributed by atoms with Crippen LogP contribution in [0.1, 0.15) is 38.7 Å². The molecule has 0 saturated carbocycles. The summed E-state index contributed by atoms with van der Waals surface area (Å²) >= 11 is 0. The Morgan fingerprint density at radius 2 is 1.97 bits per heavy atom. The number of hydrogen-bond acceptors (Lipinski definition) is 6. The van der Waals surface area contributed by atoms with Crippen molar-refractivity contribution in [3.05, 3.63) is 23.8 Å². The number of nitrogens with zero attached hydrogens (tertiary/aromatic N) is 1. The highest BCUT2D eigenvalue weighted by molar-refractivity contribution is 6.04. The van der Waals surface area contributed by atoms with Crippen LogP contribution in [-0.2, 0) is 16.1 Å². The molecule has 0 radical (unpaired) electrons. The van der Waals surface area contributed by atoms with Crippen LogP contribution in [0.15, 0.2) is 18.2 Å². The summed E-state index contributed by atoms with van der Waals surface area (Å²) in [4.78, 5) is 38.3. The number of amides is 4. The molecule has 1 saturated heterocycles. The van der Waals surface area contributed by atoms with Crippen molar-refractivity contribution < 1.29 is 29.0 Å². The van der Waals surface area contributed by atoms with Crippen LogP contribution in [0.4, 0.5) is 4.79 Å². The highest BCUT2D eigenvalue weighted by Gasteiger charge is 2.38. The summed E-state index contributed by atoms with van der Waals surface area (Å²) in [5.41, 5.74) is 0.717. The van der Waals surface area contributed by atoms with E-state index < -0.39 is 12.1 Å². The van der Waals surface area contributed by atoms with Gasteiger partial charge >= 0.3 is 6.03 Å². The fraction of sp³-hybridized carbons (Fsp3) is 0.571. The summed E-state index contributed by atoms with van der Waals surface area (Å²) in [6, 6.07) is 3.62. The summed E-state index contributed by atoms with van der Waals surface area (Å²) in [5.74, 6) is 0.581. The van der Waals surface area contributed by atoms with Gasteiger partial charge in [-0.15, -0.1) is 0 Å². The maximum absolute atomic E-state index is 12.7. The molecule has 3 N–H and O–H groups in total. The quantitative estimate of drug-likeness (QED) is 0.465. The summed E-state index contributed by atoms with van der Waals surface area (Å²) in [6.07, 6.45) is 1.10. The van der Waals surface area contributed by atoms with E-state index in [-0.39, 0.29) is 49.8 Å². The van der Waals surface area contributed by atoms with Gasteiger partial charge in [-0.3, -0.25) is 14.5 Å². The minimum Gasteiger partial charge on any atom is -0.493 e. The van der Waals surface area contributed by atoms with Gasteiger partial charge in [0.15, 0.2) is 11.5 Å². The topological polar surface area (TPSA) is 117 Å². The summed E-state index contributed by atoms with van der Waals surface area (Å²) in [5, 5.41) is 14.9. The van der Waals surface area contributed by atoms with Crippen molar-refractivity contribution in [3.8, 4) is 11.5 Å². The van der Waals surface area contributed by atoms with Gasteiger partial charge in [0.2, 0.25) is 5.91 Å². The molecule has 1 aromatic carbocycles. The highest BCUT2D eigenvalue weighted by Crippen LogP contribution is 2.28. The Labute approximate surface area is 176 Å². The molecule has 0 aromatic heterocycles. The number of imide groups is 1. The first-order valence-corrected chi connectivity index (χ1v) is 10.1. The molecule has 9 heteroatoms. The van der Waals surface area contributed by atoms with Crippen LogP contribution < -0.4 is 20.1 Å². The monoisotopic (exact) mass is 421 g/mol. The van der Waals surface area contributed by atoms with Gasteiger partial charge in [-0.25, -0.2) is 4.79 Å². The number of aliphatic hydroxyl groups is 1. The molecule has 0 unspecified atom stereocenters. The smallest absolute Gasteiger partial charge is 0.325 e. The first-order chi connectivity index (χ1) is 14.3. The van der Waals surface area contributed by atoms with Crippen LogP contribution in [0.25, 0.3) is 0 Å². The van der Waals surface area contributed by atoms with E-state index in [1.165, 1.54) is 14.2 Å². The second-order valence-corrected chi connectivity index (χ2v) is 7.40. The molecule has 30 heavy (non-hydrogen) atoms.